The van der Waals surface area contributed by atoms with Crippen LogP contribution < -0.4 is 19.6 Å². The van der Waals surface area contributed by atoms with Crippen LogP contribution in [0.5, 0.6) is 0 Å². The summed E-state index contributed by atoms with van der Waals surface area (Å²) in [6, 6.07) is 74.2. The number of pyridine rings is 1. The van der Waals surface area contributed by atoms with Gasteiger partial charge in [0, 0.05) is 51.2 Å². The first-order valence-electron chi connectivity index (χ1n) is 26.3. The van der Waals surface area contributed by atoms with Crippen molar-refractivity contribution < 1.29 is 0 Å². The Hall–Kier alpha value is -7.89. The molecule has 0 unspecified atom stereocenters. The van der Waals surface area contributed by atoms with E-state index in [4.69, 9.17) is 4.98 Å². The summed E-state index contributed by atoms with van der Waals surface area (Å²) in [6.45, 7) is 26.2. The summed E-state index contributed by atoms with van der Waals surface area (Å²) >= 11 is 0. The monoisotopic (exact) mass is 968 g/mol. The molecule has 3 heterocycles. The molecule has 0 atom stereocenters. The molecule has 8 aromatic carbocycles. The van der Waals surface area contributed by atoms with E-state index >= 15 is 0 Å². The van der Waals surface area contributed by atoms with Crippen LogP contribution in [0.4, 0.5) is 57.0 Å². The lowest BCUT2D eigenvalue weighted by Crippen LogP contribution is -2.26. The minimum absolute atomic E-state index is 0.00870. The molecule has 0 saturated heterocycles. The van der Waals surface area contributed by atoms with E-state index in [0.29, 0.717) is 6.67 Å². The van der Waals surface area contributed by atoms with Crippen LogP contribution in [-0.4, -0.2) is 11.7 Å². The van der Waals surface area contributed by atoms with E-state index in [2.05, 4.69) is 296 Å². The van der Waals surface area contributed by atoms with Crippen LogP contribution in [0.2, 0.25) is 0 Å². The molecule has 5 nitrogen and oxygen atoms in total. The zero-order valence-corrected chi connectivity index (χ0v) is 45.1. The zero-order chi connectivity index (χ0) is 51.7. The van der Waals surface area contributed by atoms with Gasteiger partial charge in [0.15, 0.2) is 0 Å². The first-order valence-corrected chi connectivity index (χ1v) is 26.3. The maximum atomic E-state index is 5.24. The van der Waals surface area contributed by atoms with Gasteiger partial charge in [-0.2, -0.15) is 0 Å². The van der Waals surface area contributed by atoms with E-state index in [-0.39, 0.29) is 21.7 Å². The zero-order valence-electron chi connectivity index (χ0n) is 45.1. The van der Waals surface area contributed by atoms with Crippen molar-refractivity contribution in [1.29, 1.82) is 0 Å². The maximum absolute atomic E-state index is 5.24. The Labute approximate surface area is 440 Å². The summed E-state index contributed by atoms with van der Waals surface area (Å²) in [5.74, 6) is 0.869. The van der Waals surface area contributed by atoms with Crippen molar-refractivity contribution in [2.24, 2.45) is 0 Å². The number of rotatable bonds is 8. The Kier molecular flexibility index (Phi) is 11.9. The number of nitrogens with zero attached hydrogens (tertiary/aromatic N) is 5. The third-order valence-electron chi connectivity index (χ3n) is 15.4. The number of para-hydroxylation sites is 4. The quantitative estimate of drug-likeness (QED) is 0.151. The lowest BCUT2D eigenvalue weighted by Gasteiger charge is -2.33. The molecule has 2 aliphatic heterocycles. The van der Waals surface area contributed by atoms with Gasteiger partial charge in [-0.25, -0.2) is 4.98 Å². The molecule has 1 aromatic heterocycles. The van der Waals surface area contributed by atoms with E-state index < -0.39 is 0 Å². The fraction of sp³-hybridized carbons (Fsp3) is 0.232. The number of anilines is 10. The van der Waals surface area contributed by atoms with Gasteiger partial charge in [-0.05, 0) is 140 Å². The lowest BCUT2D eigenvalue weighted by atomic mass is 9.78. The second-order valence-corrected chi connectivity index (χ2v) is 23.9. The predicted molar refractivity (Wildman–Crippen MR) is 315 cm³/mol. The highest BCUT2D eigenvalue weighted by molar-refractivity contribution is 6.03. The van der Waals surface area contributed by atoms with Gasteiger partial charge in [-0.15, -0.1) is 0 Å². The van der Waals surface area contributed by atoms with Gasteiger partial charge in [0.25, 0.3) is 0 Å². The number of hydrogen-bond acceptors (Lipinski definition) is 5. The summed E-state index contributed by atoms with van der Waals surface area (Å²) in [6.07, 6.45) is 1.98. The number of benzene rings is 8. The van der Waals surface area contributed by atoms with E-state index in [0.717, 1.165) is 51.1 Å². The summed E-state index contributed by atoms with van der Waals surface area (Å²) < 4.78 is 0. The highest BCUT2D eigenvalue weighted by atomic mass is 15.4. The molecule has 0 radical (unpaired) electrons. The van der Waals surface area contributed by atoms with Crippen molar-refractivity contribution in [2.75, 3.05) is 26.3 Å². The highest BCUT2D eigenvalue weighted by Crippen LogP contribution is 2.54. The SMILES string of the molecule is CC(C)(C)c1cc(N2CN(c3cc(C(C)(C)C)cc(C(C)(C)C)c3)c3ccccc32)cc(N(c2ccccc2)c2ccc3c(c2)N(c2cc(C(C)(C)c4ccccc4)ccn2)c2ccccc2-c2ccccc2-3)c1. The molecule has 11 rings (SSSR count). The lowest BCUT2D eigenvalue weighted by molar-refractivity contribution is 0.568. The molecule has 0 N–H and O–H groups in total. The first-order chi connectivity index (χ1) is 35.3. The van der Waals surface area contributed by atoms with Crippen molar-refractivity contribution in [1.82, 2.24) is 4.98 Å². The van der Waals surface area contributed by atoms with Gasteiger partial charge in [0.05, 0.1) is 22.7 Å². The number of hydrogen-bond donors (Lipinski definition) is 0. The largest absolute Gasteiger partial charge is 0.321 e. The normalized spacial score (nSPS) is 13.5. The molecule has 5 heteroatoms. The Balaban J connectivity index is 1.10. The summed E-state index contributed by atoms with van der Waals surface area (Å²) in [7, 11) is 0. The van der Waals surface area contributed by atoms with Gasteiger partial charge in [-0.1, -0.05) is 191 Å². The molecule has 370 valence electrons. The molecule has 0 amide bonds. The molecular formula is C69H69N5. The van der Waals surface area contributed by atoms with Crippen molar-refractivity contribution in [2.45, 2.75) is 97.8 Å². The van der Waals surface area contributed by atoms with Crippen LogP contribution in [0.1, 0.15) is 104 Å². The summed E-state index contributed by atoms with van der Waals surface area (Å²) in [4.78, 5) is 15.1. The molecule has 0 saturated carbocycles. The first kappa shape index (κ1) is 48.4. The van der Waals surface area contributed by atoms with E-state index in [9.17, 15) is 0 Å². The Morgan fingerprint density at radius 3 is 1.42 bits per heavy atom. The van der Waals surface area contributed by atoms with Crippen LogP contribution in [0.15, 0.2) is 206 Å². The molecule has 0 fully saturated rings. The standard InChI is InChI=1S/C69H69N5/c1-66(2,3)49-38-50(67(4,5)6)40-54(39-49)71-46-72(63-33-23-22-32-62(63)71)55-41-51(68(7,8)9)42-56(44-55)73(52-26-16-13-17-27-52)53-34-35-60-58-29-19-18-28-57(58)59-30-20-21-31-61(59)74(64(60)45-53)65-43-48(36-37-70-65)69(10,11)47-24-14-12-15-25-47/h12-45H,46H2,1-11H3. The average Bonchev–Trinajstić information content (AvgIpc) is 3.73. The van der Waals surface area contributed by atoms with Gasteiger partial charge in [-0.3, -0.25) is 4.90 Å². The minimum atomic E-state index is -0.267. The van der Waals surface area contributed by atoms with Crippen LogP contribution in [0.3, 0.4) is 0 Å². The van der Waals surface area contributed by atoms with Crippen molar-refractivity contribution in [3.8, 4) is 22.3 Å². The van der Waals surface area contributed by atoms with Gasteiger partial charge in [0.1, 0.15) is 12.5 Å². The van der Waals surface area contributed by atoms with Crippen molar-refractivity contribution in [3.63, 3.8) is 0 Å². The van der Waals surface area contributed by atoms with Gasteiger partial charge in [0.2, 0.25) is 0 Å². The average molecular weight is 968 g/mol. The van der Waals surface area contributed by atoms with Crippen LogP contribution >= 0.6 is 0 Å². The second kappa shape index (κ2) is 18.2. The Morgan fingerprint density at radius 2 is 0.838 bits per heavy atom. The summed E-state index contributed by atoms with van der Waals surface area (Å²) in [5.41, 5.74) is 20.8. The van der Waals surface area contributed by atoms with Gasteiger partial charge >= 0.3 is 0 Å². The molecule has 0 bridgehead atoms. The van der Waals surface area contributed by atoms with Crippen molar-refractivity contribution in [3.05, 3.63) is 234 Å². The molecule has 9 aromatic rings. The highest BCUT2D eigenvalue weighted by Gasteiger charge is 2.34. The Morgan fingerprint density at radius 1 is 0.351 bits per heavy atom. The number of aromatic nitrogens is 1. The molecular weight excluding hydrogens is 899 g/mol. The molecule has 0 spiro atoms. The minimum Gasteiger partial charge on any atom is -0.321 e. The molecule has 0 aliphatic carbocycles. The van der Waals surface area contributed by atoms with Crippen LogP contribution in [0.25, 0.3) is 22.3 Å². The second-order valence-electron chi connectivity index (χ2n) is 23.9. The molecule has 74 heavy (non-hydrogen) atoms. The smallest absolute Gasteiger partial charge is 0.137 e. The maximum Gasteiger partial charge on any atom is 0.137 e. The van der Waals surface area contributed by atoms with Crippen molar-refractivity contribution >= 4 is 57.0 Å². The van der Waals surface area contributed by atoms with E-state index in [1.165, 1.54) is 56.0 Å². The fourth-order valence-corrected chi connectivity index (χ4v) is 10.9. The Bertz CT molecular complexity index is 3500. The van der Waals surface area contributed by atoms with E-state index in [1.807, 2.05) is 6.20 Å². The molecule has 2 aliphatic rings. The fourth-order valence-electron chi connectivity index (χ4n) is 10.9. The predicted octanol–water partition coefficient (Wildman–Crippen LogP) is 19.1. The van der Waals surface area contributed by atoms with E-state index in [1.54, 1.807) is 0 Å². The van der Waals surface area contributed by atoms with Crippen LogP contribution in [0, 0.1) is 0 Å². The van der Waals surface area contributed by atoms with Crippen LogP contribution in [-0.2, 0) is 21.7 Å². The number of fused-ring (bicyclic) bond motifs is 6. The topological polar surface area (TPSA) is 25.9 Å². The van der Waals surface area contributed by atoms with Gasteiger partial charge < -0.3 is 14.7 Å². The summed E-state index contributed by atoms with van der Waals surface area (Å²) in [5, 5.41) is 0. The third-order valence-corrected chi connectivity index (χ3v) is 15.4. The third kappa shape index (κ3) is 8.82.